The standard InChI is InChI=1S/C15H16ClN3O/c1-2-17-12-7-8-18-14(9-12)15(20)19-10-11-5-3-4-6-13(11)16/h3-9H,2,10H2,1H3,(H,17,18)(H,19,20). The second-order valence-electron chi connectivity index (χ2n) is 4.23. The van der Waals surface area contributed by atoms with E-state index in [1.165, 1.54) is 0 Å². The SMILES string of the molecule is CCNc1ccnc(C(=O)NCc2ccccc2Cl)c1. The smallest absolute Gasteiger partial charge is 0.270 e. The molecule has 20 heavy (non-hydrogen) atoms. The lowest BCUT2D eigenvalue weighted by Crippen LogP contribution is -2.24. The van der Waals surface area contributed by atoms with Crippen molar-refractivity contribution >= 4 is 23.2 Å². The van der Waals surface area contributed by atoms with Crippen LogP contribution in [0.15, 0.2) is 42.6 Å². The number of hydrogen-bond donors (Lipinski definition) is 2. The number of rotatable bonds is 5. The lowest BCUT2D eigenvalue weighted by molar-refractivity contribution is 0.0946. The second kappa shape index (κ2) is 6.91. The molecule has 0 spiro atoms. The minimum absolute atomic E-state index is 0.218. The number of pyridine rings is 1. The average Bonchev–Trinajstić information content (AvgIpc) is 2.47. The fraction of sp³-hybridized carbons (Fsp3) is 0.200. The second-order valence-corrected chi connectivity index (χ2v) is 4.64. The zero-order valence-corrected chi connectivity index (χ0v) is 11.9. The number of carbonyl (C=O) groups excluding carboxylic acids is 1. The van der Waals surface area contributed by atoms with Crippen molar-refractivity contribution in [2.45, 2.75) is 13.5 Å². The van der Waals surface area contributed by atoms with E-state index < -0.39 is 0 Å². The molecule has 0 radical (unpaired) electrons. The zero-order valence-electron chi connectivity index (χ0n) is 11.2. The van der Waals surface area contributed by atoms with E-state index in [0.29, 0.717) is 17.3 Å². The monoisotopic (exact) mass is 289 g/mol. The number of hydrogen-bond acceptors (Lipinski definition) is 3. The third kappa shape index (κ3) is 3.71. The van der Waals surface area contributed by atoms with Crippen LogP contribution in [-0.2, 0) is 6.54 Å². The highest BCUT2D eigenvalue weighted by Gasteiger charge is 2.08. The van der Waals surface area contributed by atoms with E-state index in [1.54, 1.807) is 18.3 Å². The first-order valence-corrected chi connectivity index (χ1v) is 6.80. The van der Waals surface area contributed by atoms with E-state index in [4.69, 9.17) is 11.6 Å². The van der Waals surface area contributed by atoms with Crippen LogP contribution in [0, 0.1) is 0 Å². The maximum absolute atomic E-state index is 12.0. The highest BCUT2D eigenvalue weighted by molar-refractivity contribution is 6.31. The first-order chi connectivity index (χ1) is 9.70. The first kappa shape index (κ1) is 14.3. The first-order valence-electron chi connectivity index (χ1n) is 6.42. The van der Waals surface area contributed by atoms with Gasteiger partial charge >= 0.3 is 0 Å². The van der Waals surface area contributed by atoms with Gasteiger partial charge in [-0.1, -0.05) is 29.8 Å². The summed E-state index contributed by atoms with van der Waals surface area (Å²) in [4.78, 5) is 16.1. The van der Waals surface area contributed by atoms with Crippen molar-refractivity contribution < 1.29 is 4.79 Å². The van der Waals surface area contributed by atoms with E-state index in [-0.39, 0.29) is 5.91 Å². The Labute approximate surface area is 123 Å². The number of benzene rings is 1. The number of nitrogens with one attached hydrogen (secondary N) is 2. The third-order valence-electron chi connectivity index (χ3n) is 2.77. The molecule has 0 aliphatic rings. The Morgan fingerprint density at radius 3 is 2.85 bits per heavy atom. The molecule has 104 valence electrons. The molecule has 0 unspecified atom stereocenters. The average molecular weight is 290 g/mol. The van der Waals surface area contributed by atoms with Crippen LogP contribution in [0.3, 0.4) is 0 Å². The fourth-order valence-corrected chi connectivity index (χ4v) is 1.98. The topological polar surface area (TPSA) is 54.0 Å². The number of carbonyl (C=O) groups is 1. The largest absolute Gasteiger partial charge is 0.385 e. The van der Waals surface area contributed by atoms with Crippen LogP contribution in [-0.4, -0.2) is 17.4 Å². The van der Waals surface area contributed by atoms with Gasteiger partial charge in [-0.25, -0.2) is 0 Å². The van der Waals surface area contributed by atoms with Gasteiger partial charge in [-0.2, -0.15) is 0 Å². The predicted octanol–water partition coefficient (Wildman–Crippen LogP) is 3.10. The molecule has 0 aliphatic heterocycles. The Balaban J connectivity index is 2.01. The Bertz CT molecular complexity index is 601. The highest BCUT2D eigenvalue weighted by atomic mass is 35.5. The van der Waals surface area contributed by atoms with Crippen LogP contribution in [0.1, 0.15) is 23.0 Å². The van der Waals surface area contributed by atoms with Crippen LogP contribution < -0.4 is 10.6 Å². The Hall–Kier alpha value is -2.07. The van der Waals surface area contributed by atoms with E-state index in [2.05, 4.69) is 15.6 Å². The van der Waals surface area contributed by atoms with Crippen LogP contribution in [0.4, 0.5) is 5.69 Å². The normalized spacial score (nSPS) is 10.1. The van der Waals surface area contributed by atoms with Gasteiger partial charge in [0.15, 0.2) is 0 Å². The summed E-state index contributed by atoms with van der Waals surface area (Å²) in [5, 5.41) is 6.60. The molecule has 1 aromatic heterocycles. The molecule has 1 amide bonds. The van der Waals surface area contributed by atoms with Crippen molar-refractivity contribution in [3.63, 3.8) is 0 Å². The van der Waals surface area contributed by atoms with Gasteiger partial charge in [0.2, 0.25) is 0 Å². The lowest BCUT2D eigenvalue weighted by Gasteiger charge is -2.08. The predicted molar refractivity (Wildman–Crippen MR) is 81.0 cm³/mol. The third-order valence-corrected chi connectivity index (χ3v) is 3.14. The molecule has 1 aromatic carbocycles. The number of amides is 1. The summed E-state index contributed by atoms with van der Waals surface area (Å²) in [7, 11) is 0. The van der Waals surface area contributed by atoms with Gasteiger partial charge in [-0.3, -0.25) is 9.78 Å². The van der Waals surface area contributed by atoms with Crippen LogP contribution in [0.2, 0.25) is 5.02 Å². The molecule has 0 bridgehead atoms. The van der Waals surface area contributed by atoms with E-state index in [9.17, 15) is 4.79 Å². The maximum Gasteiger partial charge on any atom is 0.270 e. The van der Waals surface area contributed by atoms with Crippen molar-refractivity contribution in [1.29, 1.82) is 0 Å². The van der Waals surface area contributed by atoms with Crippen molar-refractivity contribution in [3.8, 4) is 0 Å². The summed E-state index contributed by atoms with van der Waals surface area (Å²) in [5.41, 5.74) is 2.14. The molecule has 2 rings (SSSR count). The summed E-state index contributed by atoms with van der Waals surface area (Å²) < 4.78 is 0. The van der Waals surface area contributed by atoms with E-state index in [0.717, 1.165) is 17.8 Å². The molecular weight excluding hydrogens is 274 g/mol. The van der Waals surface area contributed by atoms with Gasteiger partial charge in [-0.05, 0) is 30.7 Å². The molecule has 1 heterocycles. The van der Waals surface area contributed by atoms with Crippen molar-refractivity contribution in [1.82, 2.24) is 10.3 Å². The summed E-state index contributed by atoms with van der Waals surface area (Å²) in [6.45, 7) is 3.17. The summed E-state index contributed by atoms with van der Waals surface area (Å²) in [6.07, 6.45) is 1.61. The van der Waals surface area contributed by atoms with Crippen molar-refractivity contribution in [3.05, 3.63) is 58.9 Å². The van der Waals surface area contributed by atoms with Crippen LogP contribution in [0.5, 0.6) is 0 Å². The molecule has 4 nitrogen and oxygen atoms in total. The molecule has 0 atom stereocenters. The number of halogens is 1. The molecule has 0 aliphatic carbocycles. The Morgan fingerprint density at radius 2 is 2.10 bits per heavy atom. The summed E-state index contributed by atoms with van der Waals surface area (Å²) in [5.74, 6) is -0.218. The van der Waals surface area contributed by atoms with E-state index in [1.807, 2.05) is 31.2 Å². The van der Waals surface area contributed by atoms with E-state index >= 15 is 0 Å². The molecule has 0 fully saturated rings. The van der Waals surface area contributed by atoms with Gasteiger partial charge in [0.1, 0.15) is 5.69 Å². The van der Waals surface area contributed by atoms with Gasteiger partial charge in [0.05, 0.1) is 0 Å². The minimum atomic E-state index is -0.218. The molecular formula is C15H16ClN3O. The maximum atomic E-state index is 12.0. The molecule has 0 saturated carbocycles. The van der Waals surface area contributed by atoms with Gasteiger partial charge in [0, 0.05) is 30.0 Å². The highest BCUT2D eigenvalue weighted by Crippen LogP contribution is 2.14. The minimum Gasteiger partial charge on any atom is -0.385 e. The zero-order chi connectivity index (χ0) is 14.4. The molecule has 5 heteroatoms. The van der Waals surface area contributed by atoms with Crippen molar-refractivity contribution in [2.75, 3.05) is 11.9 Å². The number of aromatic nitrogens is 1. The van der Waals surface area contributed by atoms with Crippen molar-refractivity contribution in [2.24, 2.45) is 0 Å². The molecule has 2 N–H and O–H groups in total. The van der Waals surface area contributed by atoms with Crippen LogP contribution >= 0.6 is 11.6 Å². The van der Waals surface area contributed by atoms with Gasteiger partial charge < -0.3 is 10.6 Å². The fourth-order valence-electron chi connectivity index (χ4n) is 1.78. The quantitative estimate of drug-likeness (QED) is 0.889. The van der Waals surface area contributed by atoms with Gasteiger partial charge in [-0.15, -0.1) is 0 Å². The van der Waals surface area contributed by atoms with Gasteiger partial charge in [0.25, 0.3) is 5.91 Å². The van der Waals surface area contributed by atoms with Crippen LogP contribution in [0.25, 0.3) is 0 Å². The number of nitrogens with zero attached hydrogens (tertiary/aromatic N) is 1. The number of anilines is 1. The molecule has 2 aromatic rings. The lowest BCUT2D eigenvalue weighted by atomic mass is 10.2. The Kier molecular flexibility index (Phi) is 4.96. The summed E-state index contributed by atoms with van der Waals surface area (Å²) >= 11 is 6.04. The molecule has 0 saturated heterocycles. The Morgan fingerprint density at radius 1 is 1.30 bits per heavy atom. The summed E-state index contributed by atoms with van der Waals surface area (Å²) in [6, 6.07) is 11.0.